The first-order valence-corrected chi connectivity index (χ1v) is 3.20. The largest absolute Gasteiger partial charge is 0.382 e. The highest BCUT2D eigenvalue weighted by atomic mass is 14.9. The fourth-order valence-electron chi connectivity index (χ4n) is 0.651. The van der Waals surface area contributed by atoms with Crippen LogP contribution < -0.4 is 5.73 Å². The number of allylic oxidation sites excluding steroid dienone is 1. The van der Waals surface area contributed by atoms with Crippen molar-refractivity contribution >= 4 is 17.7 Å². The van der Waals surface area contributed by atoms with E-state index < -0.39 is 0 Å². The second-order valence-electron chi connectivity index (χ2n) is 1.92. The third-order valence-corrected chi connectivity index (χ3v) is 1.14. The quantitative estimate of drug-likeness (QED) is 0.645. The molecule has 0 fully saturated rings. The van der Waals surface area contributed by atoms with E-state index in [2.05, 4.69) is 16.6 Å². The molecule has 0 radical (unpaired) electrons. The van der Waals surface area contributed by atoms with Crippen molar-refractivity contribution in [3.8, 4) is 0 Å². The third-order valence-electron chi connectivity index (χ3n) is 1.14. The Balaban J connectivity index is 2.94. The summed E-state index contributed by atoms with van der Waals surface area (Å²) in [6, 6.07) is 3.58. The van der Waals surface area contributed by atoms with E-state index in [1.165, 1.54) is 0 Å². The molecule has 1 aromatic rings. The number of anilines is 1. The fraction of sp³-hybridized carbons (Fsp3) is 0. The van der Waals surface area contributed by atoms with Gasteiger partial charge in [0.2, 0.25) is 0 Å². The maximum Gasteiger partial charge on any atom is 0.149 e. The lowest BCUT2D eigenvalue weighted by atomic mass is 10.4. The lowest BCUT2D eigenvalue weighted by Gasteiger charge is -1.94. The van der Waals surface area contributed by atoms with Gasteiger partial charge < -0.3 is 5.73 Å². The summed E-state index contributed by atoms with van der Waals surface area (Å²) in [5, 5.41) is 0. The topological polar surface area (TPSA) is 51.3 Å². The van der Waals surface area contributed by atoms with Crippen LogP contribution in [0.1, 0.15) is 0 Å². The number of hydrogen-bond acceptors (Lipinski definition) is 3. The smallest absolute Gasteiger partial charge is 0.149 e. The second kappa shape index (κ2) is 3.51. The van der Waals surface area contributed by atoms with Crippen LogP contribution in [0.15, 0.2) is 36.0 Å². The fourth-order valence-corrected chi connectivity index (χ4v) is 0.651. The molecule has 0 spiro atoms. The Labute approximate surface area is 65.3 Å². The number of aromatic nitrogens is 1. The molecular weight excluding hydrogens is 138 g/mol. The first-order valence-electron chi connectivity index (χ1n) is 3.20. The molecule has 0 saturated carbocycles. The second-order valence-corrected chi connectivity index (χ2v) is 1.92. The molecule has 1 aromatic heterocycles. The Morgan fingerprint density at radius 2 is 2.45 bits per heavy atom. The highest BCUT2D eigenvalue weighted by Gasteiger charge is 1.92. The van der Waals surface area contributed by atoms with Gasteiger partial charge in [-0.1, -0.05) is 12.7 Å². The van der Waals surface area contributed by atoms with Crippen LogP contribution in [0.5, 0.6) is 0 Å². The third kappa shape index (κ3) is 1.89. The standard InChI is InChI=1S/C8H9N3/c1-2-5-10-7-4-3-6-11-8(7)9/h2-6H,1H2,(H2,9,11)/b10-5-. The van der Waals surface area contributed by atoms with Crippen molar-refractivity contribution < 1.29 is 0 Å². The maximum atomic E-state index is 5.50. The van der Waals surface area contributed by atoms with Gasteiger partial charge >= 0.3 is 0 Å². The minimum absolute atomic E-state index is 0.436. The summed E-state index contributed by atoms with van der Waals surface area (Å²) in [6.07, 6.45) is 4.79. The van der Waals surface area contributed by atoms with Crippen LogP contribution in [-0.4, -0.2) is 11.2 Å². The number of nitrogen functional groups attached to an aromatic ring is 1. The summed E-state index contributed by atoms with van der Waals surface area (Å²) in [6.45, 7) is 3.49. The molecular formula is C8H9N3. The Hall–Kier alpha value is -1.64. The van der Waals surface area contributed by atoms with Crippen molar-refractivity contribution in [3.05, 3.63) is 31.0 Å². The van der Waals surface area contributed by atoms with Gasteiger partial charge in [0, 0.05) is 12.4 Å². The molecule has 0 amide bonds. The molecule has 3 heteroatoms. The van der Waals surface area contributed by atoms with Crippen molar-refractivity contribution in [2.24, 2.45) is 4.99 Å². The summed E-state index contributed by atoms with van der Waals surface area (Å²) >= 11 is 0. The lowest BCUT2D eigenvalue weighted by molar-refractivity contribution is 1.32. The molecule has 3 nitrogen and oxygen atoms in total. The van der Waals surface area contributed by atoms with E-state index in [-0.39, 0.29) is 0 Å². The molecule has 11 heavy (non-hydrogen) atoms. The van der Waals surface area contributed by atoms with Crippen molar-refractivity contribution in [1.82, 2.24) is 4.98 Å². The first kappa shape index (κ1) is 7.47. The molecule has 0 aliphatic carbocycles. The van der Waals surface area contributed by atoms with Crippen molar-refractivity contribution in [2.45, 2.75) is 0 Å². The number of nitrogens with zero attached hydrogens (tertiary/aromatic N) is 2. The van der Waals surface area contributed by atoms with E-state index in [1.54, 1.807) is 30.6 Å². The molecule has 1 heterocycles. The number of pyridine rings is 1. The average Bonchev–Trinajstić information content (AvgIpc) is 2.03. The van der Waals surface area contributed by atoms with Gasteiger partial charge in [-0.3, -0.25) is 4.99 Å². The minimum Gasteiger partial charge on any atom is -0.382 e. The molecule has 0 aliphatic rings. The Morgan fingerprint density at radius 3 is 3.09 bits per heavy atom. The Morgan fingerprint density at radius 1 is 1.64 bits per heavy atom. The van der Waals surface area contributed by atoms with E-state index >= 15 is 0 Å². The zero-order valence-corrected chi connectivity index (χ0v) is 6.07. The molecule has 0 atom stereocenters. The molecule has 0 bridgehead atoms. The summed E-state index contributed by atoms with van der Waals surface area (Å²) in [5.41, 5.74) is 6.18. The molecule has 0 saturated heterocycles. The van der Waals surface area contributed by atoms with Crippen LogP contribution in [-0.2, 0) is 0 Å². The van der Waals surface area contributed by atoms with Gasteiger partial charge in [-0.25, -0.2) is 4.98 Å². The van der Waals surface area contributed by atoms with Crippen LogP contribution >= 0.6 is 0 Å². The highest BCUT2D eigenvalue weighted by Crippen LogP contribution is 2.16. The van der Waals surface area contributed by atoms with Crippen molar-refractivity contribution in [1.29, 1.82) is 0 Å². The maximum absolute atomic E-state index is 5.50. The first-order chi connectivity index (χ1) is 5.34. The number of aliphatic imine (C=N–C) groups is 1. The molecule has 1 rings (SSSR count). The summed E-state index contributed by atoms with van der Waals surface area (Å²) in [5.74, 6) is 0.436. The van der Waals surface area contributed by atoms with Crippen molar-refractivity contribution in [2.75, 3.05) is 5.73 Å². The predicted molar refractivity (Wildman–Crippen MR) is 47.0 cm³/mol. The van der Waals surface area contributed by atoms with Crippen LogP contribution in [0, 0.1) is 0 Å². The van der Waals surface area contributed by atoms with Crippen LogP contribution in [0.25, 0.3) is 0 Å². The van der Waals surface area contributed by atoms with Crippen LogP contribution in [0.3, 0.4) is 0 Å². The van der Waals surface area contributed by atoms with Gasteiger partial charge in [-0.2, -0.15) is 0 Å². The Kier molecular flexibility index (Phi) is 2.38. The molecule has 2 N–H and O–H groups in total. The van der Waals surface area contributed by atoms with Gasteiger partial charge in [-0.05, 0) is 12.1 Å². The number of nitrogens with two attached hydrogens (primary N) is 1. The molecule has 56 valence electrons. The predicted octanol–water partition coefficient (Wildman–Crippen LogP) is 1.55. The number of rotatable bonds is 2. The summed E-state index contributed by atoms with van der Waals surface area (Å²) < 4.78 is 0. The van der Waals surface area contributed by atoms with Gasteiger partial charge in [-0.15, -0.1) is 0 Å². The normalized spacial score (nSPS) is 10.2. The van der Waals surface area contributed by atoms with Gasteiger partial charge in [0.15, 0.2) is 0 Å². The SMILES string of the molecule is C=C/C=N\c1cccnc1N. The minimum atomic E-state index is 0.436. The monoisotopic (exact) mass is 147 g/mol. The van der Waals surface area contributed by atoms with Crippen LogP contribution in [0.4, 0.5) is 11.5 Å². The van der Waals surface area contributed by atoms with Gasteiger partial charge in [0.1, 0.15) is 11.5 Å². The molecule has 0 unspecified atom stereocenters. The lowest BCUT2D eigenvalue weighted by Crippen LogP contribution is -1.88. The average molecular weight is 147 g/mol. The van der Waals surface area contributed by atoms with E-state index in [0.29, 0.717) is 11.5 Å². The highest BCUT2D eigenvalue weighted by molar-refractivity contribution is 5.76. The molecule has 0 aliphatic heterocycles. The van der Waals surface area contributed by atoms with E-state index in [1.807, 2.05) is 0 Å². The zero-order chi connectivity index (χ0) is 8.10. The molecule has 0 aromatic carbocycles. The van der Waals surface area contributed by atoms with E-state index in [0.717, 1.165) is 0 Å². The Bertz CT molecular complexity index is 278. The van der Waals surface area contributed by atoms with Crippen LogP contribution in [0.2, 0.25) is 0 Å². The van der Waals surface area contributed by atoms with Crippen molar-refractivity contribution in [3.63, 3.8) is 0 Å². The summed E-state index contributed by atoms with van der Waals surface area (Å²) in [4.78, 5) is 7.86. The summed E-state index contributed by atoms with van der Waals surface area (Å²) in [7, 11) is 0. The van der Waals surface area contributed by atoms with E-state index in [4.69, 9.17) is 5.73 Å². The van der Waals surface area contributed by atoms with E-state index in [9.17, 15) is 0 Å². The zero-order valence-electron chi connectivity index (χ0n) is 6.07. The number of hydrogen-bond donors (Lipinski definition) is 1. The van der Waals surface area contributed by atoms with Gasteiger partial charge in [0.05, 0.1) is 0 Å². The van der Waals surface area contributed by atoms with Gasteiger partial charge in [0.25, 0.3) is 0 Å².